The van der Waals surface area contributed by atoms with E-state index in [0.717, 1.165) is 18.8 Å². The van der Waals surface area contributed by atoms with Gasteiger partial charge in [-0.15, -0.1) is 0 Å². The fourth-order valence-electron chi connectivity index (χ4n) is 2.15. The van der Waals surface area contributed by atoms with Crippen molar-refractivity contribution >= 4 is 23.0 Å². The molecule has 16 heavy (non-hydrogen) atoms. The number of morpholine rings is 1. The van der Waals surface area contributed by atoms with E-state index in [9.17, 15) is 0 Å². The van der Waals surface area contributed by atoms with Gasteiger partial charge in [0.25, 0.3) is 0 Å². The minimum Gasteiger partial charge on any atom is -0.399 e. The lowest BCUT2D eigenvalue weighted by Crippen LogP contribution is -2.45. The minimum absolute atomic E-state index is 0.234. The molecule has 0 spiro atoms. The number of rotatable bonds is 1. The Morgan fingerprint density at radius 1 is 1.31 bits per heavy atom. The topological polar surface area (TPSA) is 38.5 Å². The van der Waals surface area contributed by atoms with Crippen LogP contribution >= 0.6 is 11.6 Å². The summed E-state index contributed by atoms with van der Waals surface area (Å²) in [6.45, 7) is 5.89. The molecule has 0 radical (unpaired) electrons. The second kappa shape index (κ2) is 4.52. The number of nitrogen functional groups attached to an aromatic ring is 1. The lowest BCUT2D eigenvalue weighted by Gasteiger charge is -2.37. The molecule has 1 aliphatic heterocycles. The molecular formula is C12H17ClN2O. The monoisotopic (exact) mass is 240 g/mol. The normalized spacial score (nSPS) is 25.8. The van der Waals surface area contributed by atoms with E-state index in [0.29, 0.717) is 10.7 Å². The quantitative estimate of drug-likeness (QED) is 0.767. The first-order valence-corrected chi connectivity index (χ1v) is 5.89. The highest BCUT2D eigenvalue weighted by atomic mass is 35.5. The van der Waals surface area contributed by atoms with Gasteiger partial charge in [0.15, 0.2) is 0 Å². The van der Waals surface area contributed by atoms with Crippen molar-refractivity contribution in [3.8, 4) is 0 Å². The molecule has 3 nitrogen and oxygen atoms in total. The summed E-state index contributed by atoms with van der Waals surface area (Å²) in [7, 11) is 0. The fourth-order valence-corrected chi connectivity index (χ4v) is 2.46. The summed E-state index contributed by atoms with van der Waals surface area (Å²) in [4.78, 5) is 2.25. The zero-order chi connectivity index (χ0) is 11.7. The maximum Gasteiger partial charge on any atom is 0.0726 e. The Bertz CT molecular complexity index is 373. The van der Waals surface area contributed by atoms with Crippen LogP contribution in [0.1, 0.15) is 13.8 Å². The van der Waals surface area contributed by atoms with Gasteiger partial charge in [0.1, 0.15) is 0 Å². The van der Waals surface area contributed by atoms with Crippen LogP contribution in [-0.4, -0.2) is 25.3 Å². The summed E-state index contributed by atoms with van der Waals surface area (Å²) < 4.78 is 5.69. The van der Waals surface area contributed by atoms with Crippen molar-refractivity contribution in [1.82, 2.24) is 0 Å². The molecule has 2 atom stereocenters. The van der Waals surface area contributed by atoms with Crippen LogP contribution in [0, 0.1) is 0 Å². The van der Waals surface area contributed by atoms with Crippen molar-refractivity contribution < 1.29 is 4.74 Å². The molecule has 2 rings (SSSR count). The molecule has 1 aromatic carbocycles. The number of halogens is 1. The maximum atomic E-state index is 6.20. The van der Waals surface area contributed by atoms with Gasteiger partial charge in [0.05, 0.1) is 22.9 Å². The first-order valence-electron chi connectivity index (χ1n) is 5.51. The Labute approximate surface area is 101 Å². The van der Waals surface area contributed by atoms with Gasteiger partial charge in [-0.3, -0.25) is 0 Å². The largest absolute Gasteiger partial charge is 0.399 e. The van der Waals surface area contributed by atoms with E-state index in [4.69, 9.17) is 22.1 Å². The van der Waals surface area contributed by atoms with Crippen molar-refractivity contribution in [3.63, 3.8) is 0 Å². The Morgan fingerprint density at radius 2 is 1.94 bits per heavy atom. The maximum absolute atomic E-state index is 6.20. The lowest BCUT2D eigenvalue weighted by molar-refractivity contribution is -0.00520. The van der Waals surface area contributed by atoms with Gasteiger partial charge in [0, 0.05) is 18.8 Å². The van der Waals surface area contributed by atoms with E-state index in [1.54, 1.807) is 6.07 Å². The Hall–Kier alpha value is -0.930. The highest BCUT2D eigenvalue weighted by Gasteiger charge is 2.23. The third-order valence-electron chi connectivity index (χ3n) is 2.73. The molecular weight excluding hydrogens is 224 g/mol. The number of nitrogens with zero attached hydrogens (tertiary/aromatic N) is 1. The molecule has 0 saturated carbocycles. The molecule has 0 aliphatic carbocycles. The van der Waals surface area contributed by atoms with Gasteiger partial charge in [-0.2, -0.15) is 0 Å². The first kappa shape index (κ1) is 11.6. The molecule has 1 fully saturated rings. The standard InChI is InChI=1S/C12H17ClN2O/c1-8-6-15(7-9(2)16-8)12-4-3-10(14)5-11(12)13/h3-5,8-9H,6-7,14H2,1-2H3/t8-,9+. The smallest absolute Gasteiger partial charge is 0.0726 e. The third kappa shape index (κ3) is 2.42. The lowest BCUT2D eigenvalue weighted by atomic mass is 10.2. The SMILES string of the molecule is C[C@@H]1CN(c2ccc(N)cc2Cl)C[C@H](C)O1. The predicted molar refractivity (Wildman–Crippen MR) is 68.1 cm³/mol. The van der Waals surface area contributed by atoms with Gasteiger partial charge in [-0.1, -0.05) is 11.6 Å². The second-order valence-electron chi connectivity index (χ2n) is 4.37. The third-order valence-corrected chi connectivity index (χ3v) is 3.03. The first-order chi connectivity index (χ1) is 7.56. The summed E-state index contributed by atoms with van der Waals surface area (Å²) >= 11 is 6.20. The predicted octanol–water partition coefficient (Wildman–Crippen LogP) is 2.54. The van der Waals surface area contributed by atoms with Crippen molar-refractivity contribution in [2.45, 2.75) is 26.1 Å². The van der Waals surface area contributed by atoms with Gasteiger partial charge in [-0.25, -0.2) is 0 Å². The van der Waals surface area contributed by atoms with Crippen molar-refractivity contribution in [2.24, 2.45) is 0 Å². The number of hydrogen-bond donors (Lipinski definition) is 1. The van der Waals surface area contributed by atoms with Crippen LogP contribution in [0.15, 0.2) is 18.2 Å². The van der Waals surface area contributed by atoms with Crippen LogP contribution < -0.4 is 10.6 Å². The van der Waals surface area contributed by atoms with Crippen molar-refractivity contribution in [1.29, 1.82) is 0 Å². The molecule has 0 unspecified atom stereocenters. The molecule has 1 heterocycles. The number of nitrogens with two attached hydrogens (primary N) is 1. The number of benzene rings is 1. The van der Waals surface area contributed by atoms with E-state index in [-0.39, 0.29) is 12.2 Å². The van der Waals surface area contributed by atoms with Crippen LogP contribution in [0.4, 0.5) is 11.4 Å². The minimum atomic E-state index is 0.234. The molecule has 0 bridgehead atoms. The summed E-state index contributed by atoms with van der Waals surface area (Å²) in [5.41, 5.74) is 7.42. The Kier molecular flexibility index (Phi) is 3.26. The average molecular weight is 241 g/mol. The van der Waals surface area contributed by atoms with Gasteiger partial charge in [-0.05, 0) is 32.0 Å². The molecule has 0 aromatic heterocycles. The molecule has 1 saturated heterocycles. The van der Waals surface area contributed by atoms with E-state index < -0.39 is 0 Å². The Morgan fingerprint density at radius 3 is 2.50 bits per heavy atom. The number of hydrogen-bond acceptors (Lipinski definition) is 3. The summed E-state index contributed by atoms with van der Waals surface area (Å²) in [6, 6.07) is 5.65. The fraction of sp³-hybridized carbons (Fsp3) is 0.500. The van der Waals surface area contributed by atoms with Gasteiger partial charge >= 0.3 is 0 Å². The van der Waals surface area contributed by atoms with Crippen LogP contribution in [0.5, 0.6) is 0 Å². The zero-order valence-corrected chi connectivity index (χ0v) is 10.4. The Balaban J connectivity index is 2.23. The summed E-state index contributed by atoms with van der Waals surface area (Å²) in [5, 5.41) is 0.710. The van der Waals surface area contributed by atoms with Crippen LogP contribution in [-0.2, 0) is 4.74 Å². The van der Waals surface area contributed by atoms with Crippen molar-refractivity contribution in [3.05, 3.63) is 23.2 Å². The van der Waals surface area contributed by atoms with Crippen LogP contribution in [0.2, 0.25) is 5.02 Å². The van der Waals surface area contributed by atoms with Crippen LogP contribution in [0.3, 0.4) is 0 Å². The van der Waals surface area contributed by atoms with Crippen molar-refractivity contribution in [2.75, 3.05) is 23.7 Å². The molecule has 4 heteroatoms. The van der Waals surface area contributed by atoms with Gasteiger partial charge in [0.2, 0.25) is 0 Å². The van der Waals surface area contributed by atoms with E-state index in [1.807, 2.05) is 12.1 Å². The number of ether oxygens (including phenoxy) is 1. The van der Waals surface area contributed by atoms with Gasteiger partial charge < -0.3 is 15.4 Å². The highest BCUT2D eigenvalue weighted by molar-refractivity contribution is 6.33. The molecule has 1 aromatic rings. The summed E-state index contributed by atoms with van der Waals surface area (Å²) in [6.07, 6.45) is 0.467. The summed E-state index contributed by atoms with van der Waals surface area (Å²) in [5.74, 6) is 0. The second-order valence-corrected chi connectivity index (χ2v) is 4.78. The van der Waals surface area contributed by atoms with E-state index >= 15 is 0 Å². The molecule has 0 amide bonds. The number of anilines is 2. The molecule has 88 valence electrons. The van der Waals surface area contributed by atoms with E-state index in [1.165, 1.54) is 0 Å². The molecule has 2 N–H and O–H groups in total. The van der Waals surface area contributed by atoms with Crippen LogP contribution in [0.25, 0.3) is 0 Å². The molecule has 1 aliphatic rings. The highest BCUT2D eigenvalue weighted by Crippen LogP contribution is 2.29. The average Bonchev–Trinajstić information content (AvgIpc) is 2.15. The zero-order valence-electron chi connectivity index (χ0n) is 9.61. The van der Waals surface area contributed by atoms with E-state index in [2.05, 4.69) is 18.7 Å².